The molecule has 2 bridgehead atoms. The van der Waals surface area contributed by atoms with Gasteiger partial charge in [-0.2, -0.15) is 0 Å². The Labute approximate surface area is 254 Å². The summed E-state index contributed by atoms with van der Waals surface area (Å²) < 4.78 is 0. The number of nitrogens with zero attached hydrogens (tertiary/aromatic N) is 1. The van der Waals surface area contributed by atoms with Gasteiger partial charge in [-0.15, -0.1) is 23.2 Å². The zero-order valence-electron chi connectivity index (χ0n) is 23.1. The van der Waals surface area contributed by atoms with Gasteiger partial charge >= 0.3 is 0 Å². The molecule has 4 aromatic rings. The van der Waals surface area contributed by atoms with E-state index in [4.69, 9.17) is 23.2 Å². The first-order valence-electron chi connectivity index (χ1n) is 14.0. The standard InChI is InChI=1S/C35H28Cl2N2O3/c1-20-16-17-23(18-21(20)2)38-31(40)28(19-22-10-4-3-5-11-22)39-32(41)29-30(33(39)42)35(37)25-13-7-6-12-24(25)34(29,36)26-14-8-9-15-27(26)35/h3-18,28-30H,19H2,1-2H3,(H,38,40)/t28-,29+,30+,34?,35?/m0/s1. The molecule has 0 spiro atoms. The number of benzene rings is 4. The Morgan fingerprint density at radius 3 is 1.69 bits per heavy atom. The predicted molar refractivity (Wildman–Crippen MR) is 163 cm³/mol. The molecule has 42 heavy (non-hydrogen) atoms. The lowest BCUT2D eigenvalue weighted by Gasteiger charge is -2.54. The first kappa shape index (κ1) is 26.9. The Kier molecular flexibility index (Phi) is 6.12. The van der Waals surface area contributed by atoms with Crippen LogP contribution in [0, 0.1) is 25.7 Å². The van der Waals surface area contributed by atoms with E-state index < -0.39 is 45.3 Å². The smallest absolute Gasteiger partial charge is 0.248 e. The van der Waals surface area contributed by atoms with Crippen LogP contribution >= 0.6 is 23.2 Å². The van der Waals surface area contributed by atoms with Crippen molar-refractivity contribution < 1.29 is 14.4 Å². The first-order chi connectivity index (χ1) is 20.2. The number of halogens is 2. The first-order valence-corrected chi connectivity index (χ1v) is 14.8. The molecule has 1 aliphatic heterocycles. The van der Waals surface area contributed by atoms with Gasteiger partial charge in [-0.3, -0.25) is 19.3 Å². The highest BCUT2D eigenvalue weighted by atomic mass is 35.5. The minimum absolute atomic E-state index is 0.152. The van der Waals surface area contributed by atoms with Gasteiger partial charge in [0.05, 0.1) is 11.8 Å². The molecule has 0 radical (unpaired) electrons. The van der Waals surface area contributed by atoms with Gasteiger partial charge in [0.2, 0.25) is 17.7 Å². The molecule has 1 heterocycles. The fourth-order valence-electron chi connectivity index (χ4n) is 7.18. The summed E-state index contributed by atoms with van der Waals surface area (Å²) in [6, 6.07) is 29.0. The molecule has 0 unspecified atom stereocenters. The number of hydrogen-bond donors (Lipinski definition) is 1. The lowest BCUT2D eigenvalue weighted by molar-refractivity contribution is -0.146. The average molecular weight is 596 g/mol. The topological polar surface area (TPSA) is 66.5 Å². The molecule has 8 rings (SSSR count). The van der Waals surface area contributed by atoms with E-state index in [0.717, 1.165) is 43.8 Å². The molecular formula is C35H28Cl2N2O3. The van der Waals surface area contributed by atoms with E-state index in [2.05, 4.69) is 5.32 Å². The normalized spacial score (nSPS) is 26.0. The van der Waals surface area contributed by atoms with Crippen molar-refractivity contribution >= 4 is 46.6 Å². The molecule has 1 saturated heterocycles. The van der Waals surface area contributed by atoms with Crippen LogP contribution in [-0.4, -0.2) is 28.7 Å². The van der Waals surface area contributed by atoms with E-state index in [1.54, 1.807) is 0 Å². The van der Waals surface area contributed by atoms with E-state index in [1.807, 2.05) is 111 Å². The van der Waals surface area contributed by atoms with E-state index in [1.165, 1.54) is 0 Å². The Morgan fingerprint density at radius 2 is 1.21 bits per heavy atom. The average Bonchev–Trinajstić information content (AvgIpc) is 3.27. The van der Waals surface area contributed by atoms with Crippen LogP contribution in [0.15, 0.2) is 97.1 Å². The largest absolute Gasteiger partial charge is 0.324 e. The summed E-state index contributed by atoms with van der Waals surface area (Å²) in [4.78, 5) is 41.7. The molecule has 3 atom stereocenters. The van der Waals surface area contributed by atoms with Crippen molar-refractivity contribution in [2.24, 2.45) is 11.8 Å². The highest BCUT2D eigenvalue weighted by Crippen LogP contribution is 2.69. The van der Waals surface area contributed by atoms with Crippen molar-refractivity contribution in [3.05, 3.63) is 136 Å². The second-order valence-corrected chi connectivity index (χ2v) is 12.7. The summed E-state index contributed by atoms with van der Waals surface area (Å²) in [5.74, 6) is -3.35. The van der Waals surface area contributed by atoms with Crippen LogP contribution in [0.3, 0.4) is 0 Å². The lowest BCUT2D eigenvalue weighted by Crippen LogP contribution is -2.57. The molecule has 1 fully saturated rings. The van der Waals surface area contributed by atoms with E-state index in [-0.39, 0.29) is 6.42 Å². The monoisotopic (exact) mass is 594 g/mol. The van der Waals surface area contributed by atoms with E-state index >= 15 is 0 Å². The Bertz CT molecular complexity index is 1660. The van der Waals surface area contributed by atoms with Gasteiger partial charge < -0.3 is 5.32 Å². The molecule has 3 aliphatic carbocycles. The van der Waals surface area contributed by atoms with Crippen LogP contribution in [0.1, 0.15) is 38.9 Å². The quantitative estimate of drug-likeness (QED) is 0.213. The molecule has 0 aromatic heterocycles. The summed E-state index contributed by atoms with van der Waals surface area (Å²) in [6.07, 6.45) is 0.152. The Hall–Kier alpha value is -3.93. The van der Waals surface area contributed by atoms with Gasteiger partial charge in [0.1, 0.15) is 15.8 Å². The third-order valence-corrected chi connectivity index (χ3v) is 10.6. The molecule has 4 aromatic carbocycles. The van der Waals surface area contributed by atoms with Crippen LogP contribution in [0.2, 0.25) is 0 Å². The molecule has 3 amide bonds. The number of nitrogens with one attached hydrogen (secondary N) is 1. The molecule has 4 aliphatic rings. The van der Waals surface area contributed by atoms with E-state index in [0.29, 0.717) is 5.69 Å². The number of carbonyl (C=O) groups is 3. The molecule has 210 valence electrons. The van der Waals surface area contributed by atoms with Gasteiger partial charge in [0.15, 0.2) is 0 Å². The summed E-state index contributed by atoms with van der Waals surface area (Å²) in [5, 5.41) is 2.97. The molecule has 0 saturated carbocycles. The van der Waals surface area contributed by atoms with Crippen LogP contribution in [0.4, 0.5) is 5.69 Å². The van der Waals surface area contributed by atoms with Gasteiger partial charge in [-0.1, -0.05) is 84.9 Å². The van der Waals surface area contributed by atoms with Gasteiger partial charge in [-0.25, -0.2) is 0 Å². The summed E-state index contributed by atoms with van der Waals surface area (Å²) in [7, 11) is 0. The SMILES string of the molecule is Cc1ccc(NC(=O)[C@H](Cc2ccccc2)N2C(=O)[C@H]3[C@H](C2=O)C2(Cl)c4ccccc4C3(Cl)c3ccccc32)cc1C. The molecule has 1 N–H and O–H groups in total. The van der Waals surface area contributed by atoms with Crippen molar-refractivity contribution in [2.45, 2.75) is 36.1 Å². The number of imide groups is 1. The lowest BCUT2D eigenvalue weighted by atomic mass is 9.54. The third-order valence-electron chi connectivity index (χ3n) is 9.28. The number of alkyl halides is 2. The van der Waals surface area contributed by atoms with Crippen molar-refractivity contribution in [1.82, 2.24) is 4.90 Å². The highest BCUT2D eigenvalue weighted by Gasteiger charge is 2.73. The number of rotatable bonds is 5. The summed E-state index contributed by atoms with van der Waals surface area (Å²) >= 11 is 15.2. The maximum absolute atomic E-state index is 14.6. The van der Waals surface area contributed by atoms with Gasteiger partial charge in [0, 0.05) is 12.1 Å². The van der Waals surface area contributed by atoms with Crippen molar-refractivity contribution in [3.8, 4) is 0 Å². The number of anilines is 1. The van der Waals surface area contributed by atoms with Crippen LogP contribution in [0.25, 0.3) is 0 Å². The highest BCUT2D eigenvalue weighted by molar-refractivity contribution is 6.36. The fourth-order valence-corrected chi connectivity index (χ4v) is 8.28. The van der Waals surface area contributed by atoms with Crippen molar-refractivity contribution in [1.29, 1.82) is 0 Å². The fraction of sp³-hybridized carbons (Fsp3) is 0.229. The number of aryl methyl sites for hydroxylation is 2. The Morgan fingerprint density at radius 1 is 0.738 bits per heavy atom. The molecular weight excluding hydrogens is 567 g/mol. The number of carbonyl (C=O) groups excluding carboxylic acids is 3. The van der Waals surface area contributed by atoms with Crippen LogP contribution < -0.4 is 5.32 Å². The second-order valence-electron chi connectivity index (χ2n) is 11.5. The number of likely N-dealkylation sites (tertiary alicyclic amines) is 1. The van der Waals surface area contributed by atoms with Gasteiger partial charge in [0.25, 0.3) is 0 Å². The van der Waals surface area contributed by atoms with Crippen molar-refractivity contribution in [3.63, 3.8) is 0 Å². The Balaban J connectivity index is 1.36. The molecule has 5 nitrogen and oxygen atoms in total. The second kappa shape index (κ2) is 9.55. The zero-order chi connectivity index (χ0) is 29.4. The van der Waals surface area contributed by atoms with Crippen LogP contribution in [-0.2, 0) is 30.6 Å². The number of amides is 3. The summed E-state index contributed by atoms with van der Waals surface area (Å²) in [5.41, 5.74) is 6.44. The van der Waals surface area contributed by atoms with Crippen molar-refractivity contribution in [2.75, 3.05) is 5.32 Å². The maximum atomic E-state index is 14.6. The zero-order valence-corrected chi connectivity index (χ0v) is 24.6. The number of hydrogen-bond acceptors (Lipinski definition) is 3. The minimum atomic E-state index is -1.31. The minimum Gasteiger partial charge on any atom is -0.324 e. The maximum Gasteiger partial charge on any atom is 0.248 e. The van der Waals surface area contributed by atoms with Gasteiger partial charge in [-0.05, 0) is 64.9 Å². The van der Waals surface area contributed by atoms with Crippen LogP contribution in [0.5, 0.6) is 0 Å². The van der Waals surface area contributed by atoms with E-state index in [9.17, 15) is 14.4 Å². The molecule has 7 heteroatoms. The summed E-state index contributed by atoms with van der Waals surface area (Å²) in [6.45, 7) is 3.96. The third kappa shape index (κ3) is 3.60. The predicted octanol–water partition coefficient (Wildman–Crippen LogP) is 6.45.